The summed E-state index contributed by atoms with van der Waals surface area (Å²) in [6.45, 7) is 0.477. The van der Waals surface area contributed by atoms with Crippen LogP contribution in [-0.4, -0.2) is 36.9 Å². The van der Waals surface area contributed by atoms with Crippen molar-refractivity contribution in [2.24, 2.45) is 5.92 Å². The van der Waals surface area contributed by atoms with E-state index < -0.39 is 21.9 Å². The predicted molar refractivity (Wildman–Crippen MR) is 91.0 cm³/mol. The first kappa shape index (κ1) is 16.7. The highest BCUT2D eigenvalue weighted by atomic mass is 32.2. The van der Waals surface area contributed by atoms with E-state index in [1.807, 2.05) is 36.4 Å². The van der Waals surface area contributed by atoms with Crippen molar-refractivity contribution in [2.75, 3.05) is 13.1 Å². The van der Waals surface area contributed by atoms with E-state index in [2.05, 4.69) is 0 Å². The Hall–Kier alpha value is -2.18. The predicted octanol–water partition coefficient (Wildman–Crippen LogP) is 2.84. The van der Waals surface area contributed by atoms with Gasteiger partial charge in [-0.25, -0.2) is 8.42 Å². The molecule has 1 fully saturated rings. The first-order valence-corrected chi connectivity index (χ1v) is 9.31. The fourth-order valence-electron chi connectivity index (χ4n) is 3.03. The van der Waals surface area contributed by atoms with Gasteiger partial charge in [0.05, 0.1) is 10.8 Å². The van der Waals surface area contributed by atoms with Gasteiger partial charge in [-0.2, -0.15) is 4.31 Å². The van der Waals surface area contributed by atoms with Crippen molar-refractivity contribution in [3.05, 3.63) is 54.6 Å². The van der Waals surface area contributed by atoms with E-state index in [9.17, 15) is 13.2 Å². The number of aliphatic carboxylic acids is 1. The molecule has 24 heavy (non-hydrogen) atoms. The molecule has 0 aliphatic carbocycles. The summed E-state index contributed by atoms with van der Waals surface area (Å²) in [6, 6.07) is 16.3. The lowest BCUT2D eigenvalue weighted by Gasteiger charge is -2.29. The summed E-state index contributed by atoms with van der Waals surface area (Å²) < 4.78 is 27.5. The molecule has 1 N–H and O–H groups in total. The number of carboxylic acid groups (broad SMARTS) is 1. The molecule has 2 aromatic carbocycles. The molecule has 0 aromatic heterocycles. The second-order valence-electron chi connectivity index (χ2n) is 5.88. The normalized spacial score (nSPS) is 16.8. The van der Waals surface area contributed by atoms with Gasteiger partial charge >= 0.3 is 5.97 Å². The van der Waals surface area contributed by atoms with Gasteiger partial charge < -0.3 is 5.11 Å². The van der Waals surface area contributed by atoms with Gasteiger partial charge in [0.25, 0.3) is 0 Å². The van der Waals surface area contributed by atoms with Crippen molar-refractivity contribution in [2.45, 2.75) is 17.7 Å². The number of benzene rings is 2. The molecule has 1 aliphatic rings. The van der Waals surface area contributed by atoms with Crippen LogP contribution in [0.2, 0.25) is 0 Å². The maximum Gasteiger partial charge on any atom is 0.306 e. The van der Waals surface area contributed by atoms with E-state index in [0.29, 0.717) is 18.4 Å². The molecular weight excluding hydrogens is 326 g/mol. The van der Waals surface area contributed by atoms with Gasteiger partial charge in [-0.1, -0.05) is 48.5 Å². The summed E-state index contributed by atoms with van der Waals surface area (Å²) in [5.41, 5.74) is 1.51. The molecule has 5 nitrogen and oxygen atoms in total. The number of piperidine rings is 1. The number of carboxylic acids is 1. The monoisotopic (exact) mass is 345 g/mol. The minimum absolute atomic E-state index is 0.239. The zero-order chi connectivity index (χ0) is 17.2. The third kappa shape index (κ3) is 3.20. The van der Waals surface area contributed by atoms with Crippen LogP contribution in [0.4, 0.5) is 0 Å². The lowest BCUT2D eigenvalue weighted by Crippen LogP contribution is -2.40. The standard InChI is InChI=1S/C18H19NO4S/c20-18(21)15-10-12-19(13-11-15)24(22,23)17-9-5-4-8-16(17)14-6-2-1-3-7-14/h1-9,15H,10-13H2,(H,20,21). The third-order valence-corrected chi connectivity index (χ3v) is 6.35. The molecule has 1 heterocycles. The SMILES string of the molecule is O=C(O)C1CCN(S(=O)(=O)c2ccccc2-c2ccccc2)CC1. The molecule has 6 heteroatoms. The number of sulfonamides is 1. The van der Waals surface area contributed by atoms with Crippen LogP contribution in [-0.2, 0) is 14.8 Å². The molecule has 0 amide bonds. The van der Waals surface area contributed by atoms with Crippen LogP contribution in [0, 0.1) is 5.92 Å². The van der Waals surface area contributed by atoms with Gasteiger partial charge in [-0.05, 0) is 24.5 Å². The second kappa shape index (κ2) is 6.75. The van der Waals surface area contributed by atoms with E-state index in [0.717, 1.165) is 5.56 Å². The zero-order valence-corrected chi connectivity index (χ0v) is 13.9. The average molecular weight is 345 g/mol. The molecule has 0 spiro atoms. The number of carbonyl (C=O) groups is 1. The molecule has 126 valence electrons. The van der Waals surface area contributed by atoms with E-state index in [-0.39, 0.29) is 18.0 Å². The molecule has 0 unspecified atom stereocenters. The van der Waals surface area contributed by atoms with Crippen LogP contribution in [0.5, 0.6) is 0 Å². The second-order valence-corrected chi connectivity index (χ2v) is 7.79. The molecule has 0 bridgehead atoms. The Kier molecular flexibility index (Phi) is 4.69. The first-order valence-electron chi connectivity index (χ1n) is 7.87. The average Bonchev–Trinajstić information content (AvgIpc) is 2.62. The van der Waals surface area contributed by atoms with Crippen molar-refractivity contribution < 1.29 is 18.3 Å². The minimum atomic E-state index is -3.65. The maximum atomic E-state index is 13.0. The molecular formula is C18H19NO4S. The fraction of sp³-hybridized carbons (Fsp3) is 0.278. The van der Waals surface area contributed by atoms with Gasteiger partial charge in [0.15, 0.2) is 0 Å². The highest BCUT2D eigenvalue weighted by Crippen LogP contribution is 2.31. The summed E-state index contributed by atoms with van der Waals surface area (Å²) in [6.07, 6.45) is 0.699. The van der Waals surface area contributed by atoms with Crippen LogP contribution in [0.15, 0.2) is 59.5 Å². The Bertz CT molecular complexity index is 825. The van der Waals surface area contributed by atoms with Crippen LogP contribution in [0.3, 0.4) is 0 Å². The quantitative estimate of drug-likeness (QED) is 0.924. The smallest absolute Gasteiger partial charge is 0.306 e. The Balaban J connectivity index is 1.93. The highest BCUT2D eigenvalue weighted by Gasteiger charge is 2.33. The van der Waals surface area contributed by atoms with Crippen LogP contribution >= 0.6 is 0 Å². The number of hydrogen-bond acceptors (Lipinski definition) is 3. The van der Waals surface area contributed by atoms with Crippen LogP contribution in [0.1, 0.15) is 12.8 Å². The molecule has 0 saturated carbocycles. The number of nitrogens with zero attached hydrogens (tertiary/aromatic N) is 1. The zero-order valence-electron chi connectivity index (χ0n) is 13.1. The molecule has 3 rings (SSSR count). The van der Waals surface area contributed by atoms with Crippen molar-refractivity contribution >= 4 is 16.0 Å². The number of hydrogen-bond donors (Lipinski definition) is 1. The first-order chi connectivity index (χ1) is 11.5. The van der Waals surface area contributed by atoms with Crippen LogP contribution < -0.4 is 0 Å². The van der Waals surface area contributed by atoms with E-state index in [1.165, 1.54) is 4.31 Å². The summed E-state index contributed by atoms with van der Waals surface area (Å²) in [5, 5.41) is 9.07. The van der Waals surface area contributed by atoms with Gasteiger partial charge in [0, 0.05) is 18.7 Å². The largest absolute Gasteiger partial charge is 0.481 e. The van der Waals surface area contributed by atoms with Gasteiger partial charge in [0.1, 0.15) is 0 Å². The molecule has 2 aromatic rings. The maximum absolute atomic E-state index is 13.0. The lowest BCUT2D eigenvalue weighted by atomic mass is 9.99. The molecule has 0 radical (unpaired) electrons. The lowest BCUT2D eigenvalue weighted by molar-refractivity contribution is -0.142. The van der Waals surface area contributed by atoms with Crippen molar-refractivity contribution in [3.8, 4) is 11.1 Å². The Morgan fingerprint density at radius 1 is 0.958 bits per heavy atom. The molecule has 1 aliphatic heterocycles. The Morgan fingerprint density at radius 2 is 1.54 bits per heavy atom. The Labute approximate surface area is 141 Å². The molecule has 1 saturated heterocycles. The summed E-state index contributed by atoms with van der Waals surface area (Å²) in [5.74, 6) is -1.31. The third-order valence-electron chi connectivity index (χ3n) is 4.39. The summed E-state index contributed by atoms with van der Waals surface area (Å²) in [4.78, 5) is 11.3. The molecule has 0 atom stereocenters. The number of rotatable bonds is 4. The van der Waals surface area contributed by atoms with Crippen molar-refractivity contribution in [3.63, 3.8) is 0 Å². The topological polar surface area (TPSA) is 74.7 Å². The van der Waals surface area contributed by atoms with Gasteiger partial charge in [-0.15, -0.1) is 0 Å². The Morgan fingerprint density at radius 3 is 2.17 bits per heavy atom. The minimum Gasteiger partial charge on any atom is -0.481 e. The van der Waals surface area contributed by atoms with E-state index >= 15 is 0 Å². The van der Waals surface area contributed by atoms with E-state index in [4.69, 9.17) is 5.11 Å². The summed E-state index contributed by atoms with van der Waals surface area (Å²) >= 11 is 0. The van der Waals surface area contributed by atoms with E-state index in [1.54, 1.807) is 18.2 Å². The summed E-state index contributed by atoms with van der Waals surface area (Å²) in [7, 11) is -3.65. The van der Waals surface area contributed by atoms with Crippen molar-refractivity contribution in [1.29, 1.82) is 0 Å². The van der Waals surface area contributed by atoms with Crippen molar-refractivity contribution in [1.82, 2.24) is 4.31 Å². The van der Waals surface area contributed by atoms with Gasteiger partial charge in [-0.3, -0.25) is 4.79 Å². The van der Waals surface area contributed by atoms with Gasteiger partial charge in [0.2, 0.25) is 10.0 Å². The fourth-order valence-corrected chi connectivity index (χ4v) is 4.71. The van der Waals surface area contributed by atoms with Crippen LogP contribution in [0.25, 0.3) is 11.1 Å². The highest BCUT2D eigenvalue weighted by molar-refractivity contribution is 7.89.